The summed E-state index contributed by atoms with van der Waals surface area (Å²) in [4.78, 5) is 9.79. The predicted octanol–water partition coefficient (Wildman–Crippen LogP) is 2.40. The summed E-state index contributed by atoms with van der Waals surface area (Å²) in [6.07, 6.45) is 8.29. The number of thiazole rings is 1. The molecule has 96 valence electrons. The van der Waals surface area contributed by atoms with E-state index in [2.05, 4.69) is 19.9 Å². The Balaban J connectivity index is 1.73. The van der Waals surface area contributed by atoms with Crippen LogP contribution in [0.4, 0.5) is 5.13 Å². The second-order valence-corrected chi connectivity index (χ2v) is 5.40. The normalized spacial score (nSPS) is 14.9. The van der Waals surface area contributed by atoms with E-state index in [0.717, 1.165) is 11.7 Å². The molecule has 2 aromatic rings. The monoisotopic (exact) mass is 264 g/mol. The SMILES string of the molecule is COCCNc1ncc(-c2cncn2C2CC2)s1. The Morgan fingerprint density at radius 2 is 2.39 bits per heavy atom. The summed E-state index contributed by atoms with van der Waals surface area (Å²) in [7, 11) is 1.70. The number of ether oxygens (including phenoxy) is 1. The first kappa shape index (κ1) is 11.7. The highest BCUT2D eigenvalue weighted by Gasteiger charge is 2.26. The molecule has 0 unspecified atom stereocenters. The number of nitrogens with one attached hydrogen (secondary N) is 1. The quantitative estimate of drug-likeness (QED) is 0.814. The lowest BCUT2D eigenvalue weighted by molar-refractivity contribution is 0.211. The standard InChI is InChI=1S/C12H16N4OS/c1-17-5-4-14-12-15-7-11(18-12)10-6-13-8-16(10)9-2-3-9/h6-9H,2-5H2,1H3,(H,14,15). The number of hydrogen-bond donors (Lipinski definition) is 1. The van der Waals surface area contributed by atoms with Crippen LogP contribution in [-0.4, -0.2) is 34.8 Å². The molecule has 0 bridgehead atoms. The largest absolute Gasteiger partial charge is 0.383 e. The maximum atomic E-state index is 5.00. The minimum atomic E-state index is 0.648. The highest BCUT2D eigenvalue weighted by molar-refractivity contribution is 7.18. The zero-order valence-electron chi connectivity index (χ0n) is 10.3. The van der Waals surface area contributed by atoms with E-state index in [1.54, 1.807) is 18.4 Å². The van der Waals surface area contributed by atoms with Crippen LogP contribution in [0.25, 0.3) is 10.6 Å². The molecule has 0 saturated heterocycles. The molecule has 0 aliphatic heterocycles. The maximum Gasteiger partial charge on any atom is 0.183 e. The van der Waals surface area contributed by atoms with E-state index in [1.807, 2.05) is 18.7 Å². The highest BCUT2D eigenvalue weighted by Crippen LogP contribution is 2.39. The fourth-order valence-electron chi connectivity index (χ4n) is 1.87. The fraction of sp³-hybridized carbons (Fsp3) is 0.500. The molecule has 2 aromatic heterocycles. The van der Waals surface area contributed by atoms with Gasteiger partial charge in [-0.3, -0.25) is 0 Å². The Morgan fingerprint density at radius 1 is 1.50 bits per heavy atom. The van der Waals surface area contributed by atoms with Gasteiger partial charge in [0.2, 0.25) is 0 Å². The Labute approximate surface area is 110 Å². The third-order valence-electron chi connectivity index (χ3n) is 2.95. The van der Waals surface area contributed by atoms with Crippen LogP contribution in [0.15, 0.2) is 18.7 Å². The van der Waals surface area contributed by atoms with Gasteiger partial charge in [-0.15, -0.1) is 0 Å². The van der Waals surface area contributed by atoms with E-state index in [4.69, 9.17) is 4.74 Å². The minimum absolute atomic E-state index is 0.648. The second-order valence-electron chi connectivity index (χ2n) is 4.37. The Hall–Kier alpha value is -1.40. The fourth-order valence-corrected chi connectivity index (χ4v) is 2.73. The lowest BCUT2D eigenvalue weighted by atomic mass is 10.4. The molecule has 1 aliphatic carbocycles. The van der Waals surface area contributed by atoms with Gasteiger partial charge in [0.15, 0.2) is 5.13 Å². The van der Waals surface area contributed by atoms with Crippen LogP contribution in [0.5, 0.6) is 0 Å². The van der Waals surface area contributed by atoms with Crippen LogP contribution in [0.1, 0.15) is 18.9 Å². The van der Waals surface area contributed by atoms with E-state index in [1.165, 1.54) is 23.4 Å². The number of rotatable bonds is 6. The topological polar surface area (TPSA) is 52.0 Å². The third kappa shape index (κ3) is 2.39. The van der Waals surface area contributed by atoms with Gasteiger partial charge >= 0.3 is 0 Å². The molecule has 5 nitrogen and oxygen atoms in total. The predicted molar refractivity (Wildman–Crippen MR) is 72.0 cm³/mol. The van der Waals surface area contributed by atoms with Gasteiger partial charge in [0.05, 0.1) is 29.7 Å². The molecule has 0 atom stereocenters. The Morgan fingerprint density at radius 3 is 3.17 bits per heavy atom. The third-order valence-corrected chi connectivity index (χ3v) is 3.92. The first-order chi connectivity index (χ1) is 8.88. The van der Waals surface area contributed by atoms with Crippen molar-refractivity contribution in [2.45, 2.75) is 18.9 Å². The van der Waals surface area contributed by atoms with Crippen LogP contribution in [0.2, 0.25) is 0 Å². The van der Waals surface area contributed by atoms with Gasteiger partial charge in [-0.1, -0.05) is 11.3 Å². The number of aromatic nitrogens is 3. The van der Waals surface area contributed by atoms with Crippen molar-refractivity contribution in [2.24, 2.45) is 0 Å². The first-order valence-corrected chi connectivity index (χ1v) is 6.91. The average Bonchev–Trinajstić information content (AvgIpc) is 2.92. The summed E-state index contributed by atoms with van der Waals surface area (Å²) in [5.41, 5.74) is 1.18. The molecule has 3 rings (SSSR count). The molecular weight excluding hydrogens is 248 g/mol. The summed E-state index contributed by atoms with van der Waals surface area (Å²) in [6.45, 7) is 1.47. The number of imidazole rings is 1. The van der Waals surface area contributed by atoms with Crippen LogP contribution < -0.4 is 5.32 Å². The summed E-state index contributed by atoms with van der Waals surface area (Å²) in [6, 6.07) is 0.648. The van der Waals surface area contributed by atoms with Crippen molar-refractivity contribution in [2.75, 3.05) is 25.6 Å². The number of nitrogens with zero attached hydrogens (tertiary/aromatic N) is 3. The number of anilines is 1. The molecule has 1 saturated carbocycles. The lowest BCUT2D eigenvalue weighted by Crippen LogP contribution is -2.06. The molecular formula is C12H16N4OS. The van der Waals surface area contributed by atoms with E-state index >= 15 is 0 Å². The highest BCUT2D eigenvalue weighted by atomic mass is 32.1. The summed E-state index contributed by atoms with van der Waals surface area (Å²) < 4.78 is 7.26. The number of methoxy groups -OCH3 is 1. The van der Waals surface area contributed by atoms with Crippen molar-refractivity contribution < 1.29 is 4.74 Å². The Kier molecular flexibility index (Phi) is 3.29. The zero-order chi connectivity index (χ0) is 12.4. The average molecular weight is 264 g/mol. The van der Waals surface area contributed by atoms with Gasteiger partial charge in [-0.25, -0.2) is 9.97 Å². The first-order valence-electron chi connectivity index (χ1n) is 6.09. The smallest absolute Gasteiger partial charge is 0.183 e. The van der Waals surface area contributed by atoms with Crippen molar-refractivity contribution in [3.63, 3.8) is 0 Å². The van der Waals surface area contributed by atoms with Crippen molar-refractivity contribution in [3.8, 4) is 10.6 Å². The van der Waals surface area contributed by atoms with E-state index in [-0.39, 0.29) is 0 Å². The van der Waals surface area contributed by atoms with Crippen molar-refractivity contribution in [3.05, 3.63) is 18.7 Å². The van der Waals surface area contributed by atoms with Gasteiger partial charge in [-0.05, 0) is 12.8 Å². The van der Waals surface area contributed by atoms with Gasteiger partial charge in [0.1, 0.15) is 0 Å². The molecule has 0 spiro atoms. The van der Waals surface area contributed by atoms with Gasteiger partial charge in [0, 0.05) is 25.9 Å². The molecule has 1 N–H and O–H groups in total. The van der Waals surface area contributed by atoms with E-state index in [0.29, 0.717) is 12.6 Å². The molecule has 0 radical (unpaired) electrons. The van der Waals surface area contributed by atoms with Crippen LogP contribution in [-0.2, 0) is 4.74 Å². The van der Waals surface area contributed by atoms with Crippen molar-refractivity contribution in [1.29, 1.82) is 0 Å². The second kappa shape index (κ2) is 5.07. The van der Waals surface area contributed by atoms with Crippen LogP contribution >= 0.6 is 11.3 Å². The van der Waals surface area contributed by atoms with E-state index < -0.39 is 0 Å². The van der Waals surface area contributed by atoms with Gasteiger partial charge in [0.25, 0.3) is 0 Å². The Bertz CT molecular complexity index is 518. The molecule has 6 heteroatoms. The molecule has 2 heterocycles. The minimum Gasteiger partial charge on any atom is -0.383 e. The van der Waals surface area contributed by atoms with Crippen LogP contribution in [0.3, 0.4) is 0 Å². The van der Waals surface area contributed by atoms with Crippen LogP contribution in [0, 0.1) is 0 Å². The van der Waals surface area contributed by atoms with Gasteiger partial charge < -0.3 is 14.6 Å². The van der Waals surface area contributed by atoms with Crippen molar-refractivity contribution >= 4 is 16.5 Å². The molecule has 0 aromatic carbocycles. The summed E-state index contributed by atoms with van der Waals surface area (Å²) >= 11 is 1.66. The molecule has 0 amide bonds. The van der Waals surface area contributed by atoms with Gasteiger partial charge in [-0.2, -0.15) is 0 Å². The summed E-state index contributed by atoms with van der Waals surface area (Å²) in [5, 5.41) is 4.18. The lowest BCUT2D eigenvalue weighted by Gasteiger charge is -2.03. The summed E-state index contributed by atoms with van der Waals surface area (Å²) in [5.74, 6) is 0. The molecule has 1 fully saturated rings. The van der Waals surface area contributed by atoms with E-state index in [9.17, 15) is 0 Å². The molecule has 1 aliphatic rings. The van der Waals surface area contributed by atoms with Crippen molar-refractivity contribution in [1.82, 2.24) is 14.5 Å². The zero-order valence-corrected chi connectivity index (χ0v) is 11.1. The molecule has 18 heavy (non-hydrogen) atoms. The maximum absolute atomic E-state index is 5.00. The number of hydrogen-bond acceptors (Lipinski definition) is 5.